The van der Waals surface area contributed by atoms with E-state index in [1.54, 1.807) is 0 Å². The Morgan fingerprint density at radius 3 is 2.39 bits per heavy atom. The van der Waals surface area contributed by atoms with Crippen LogP contribution in [0.15, 0.2) is 0 Å². The molecule has 2 heterocycles. The van der Waals surface area contributed by atoms with Gasteiger partial charge in [-0.05, 0) is 32.1 Å². The van der Waals surface area contributed by atoms with E-state index in [-0.39, 0.29) is 48.6 Å². The highest BCUT2D eigenvalue weighted by Gasteiger charge is 2.47. The number of carbonyl (C=O) groups excluding carboxylic acids is 3. The number of nitrogens with zero attached hydrogens (tertiary/aromatic N) is 1. The Hall–Kier alpha value is -1.43. The van der Waals surface area contributed by atoms with Crippen LogP contribution in [-0.4, -0.2) is 48.4 Å². The van der Waals surface area contributed by atoms with Gasteiger partial charge in [-0.15, -0.1) is 0 Å². The number of carbonyl (C=O) groups is 3. The molecule has 0 aromatic heterocycles. The number of ether oxygens (including phenoxy) is 1. The van der Waals surface area contributed by atoms with Crippen LogP contribution in [0.2, 0.25) is 0 Å². The maximum Gasteiger partial charge on any atom is 0.233 e. The lowest BCUT2D eigenvalue weighted by atomic mass is 9.81. The van der Waals surface area contributed by atoms with Crippen LogP contribution in [0.5, 0.6) is 0 Å². The predicted molar refractivity (Wildman–Crippen MR) is 83.4 cm³/mol. The summed E-state index contributed by atoms with van der Waals surface area (Å²) in [5, 5.41) is 2.86. The fraction of sp³-hybridized carbons (Fsp3) is 0.824. The maximum atomic E-state index is 12.3. The molecule has 3 fully saturated rings. The summed E-state index contributed by atoms with van der Waals surface area (Å²) in [5.41, 5.74) is 0. The van der Waals surface area contributed by atoms with Gasteiger partial charge in [-0.25, -0.2) is 0 Å². The molecule has 2 aliphatic heterocycles. The van der Waals surface area contributed by atoms with Crippen LogP contribution in [0.3, 0.4) is 0 Å². The molecule has 3 aliphatic rings. The zero-order valence-electron chi connectivity index (χ0n) is 13.6. The van der Waals surface area contributed by atoms with Crippen LogP contribution in [0.1, 0.15) is 51.4 Å². The Morgan fingerprint density at radius 2 is 1.78 bits per heavy atom. The van der Waals surface area contributed by atoms with Gasteiger partial charge in [0, 0.05) is 26.1 Å². The van der Waals surface area contributed by atoms with Gasteiger partial charge in [-0.2, -0.15) is 0 Å². The molecular weight excluding hydrogens is 296 g/mol. The van der Waals surface area contributed by atoms with Crippen molar-refractivity contribution >= 4 is 17.7 Å². The Morgan fingerprint density at radius 1 is 1.09 bits per heavy atom. The molecule has 0 radical (unpaired) electrons. The lowest BCUT2D eigenvalue weighted by Gasteiger charge is -2.19. The van der Waals surface area contributed by atoms with Crippen LogP contribution in [0.25, 0.3) is 0 Å². The quantitative estimate of drug-likeness (QED) is 0.747. The van der Waals surface area contributed by atoms with Gasteiger partial charge in [0.2, 0.25) is 17.7 Å². The van der Waals surface area contributed by atoms with Crippen molar-refractivity contribution in [3.8, 4) is 0 Å². The smallest absolute Gasteiger partial charge is 0.233 e. The van der Waals surface area contributed by atoms with Crippen molar-refractivity contribution < 1.29 is 19.1 Å². The zero-order valence-corrected chi connectivity index (χ0v) is 13.6. The topological polar surface area (TPSA) is 75.7 Å². The molecule has 1 N–H and O–H groups in total. The van der Waals surface area contributed by atoms with E-state index in [2.05, 4.69) is 5.32 Å². The highest BCUT2D eigenvalue weighted by molar-refractivity contribution is 6.05. The Balaban J connectivity index is 1.39. The minimum atomic E-state index is -0.126. The highest BCUT2D eigenvalue weighted by atomic mass is 16.5. The lowest BCUT2D eigenvalue weighted by molar-refractivity contribution is -0.140. The fourth-order valence-electron chi connectivity index (χ4n) is 4.00. The number of hydrogen-bond acceptors (Lipinski definition) is 4. The summed E-state index contributed by atoms with van der Waals surface area (Å²) in [4.78, 5) is 37.8. The molecule has 0 aromatic carbocycles. The number of hydrogen-bond donors (Lipinski definition) is 1. The van der Waals surface area contributed by atoms with Crippen LogP contribution in [0.4, 0.5) is 0 Å². The number of imide groups is 1. The molecule has 128 valence electrons. The van der Waals surface area contributed by atoms with Gasteiger partial charge >= 0.3 is 0 Å². The van der Waals surface area contributed by atoms with Crippen molar-refractivity contribution in [3.05, 3.63) is 0 Å². The number of rotatable bonds is 6. The first-order valence-electron chi connectivity index (χ1n) is 8.90. The molecule has 0 aromatic rings. The van der Waals surface area contributed by atoms with Crippen LogP contribution in [0, 0.1) is 11.8 Å². The number of nitrogens with one attached hydrogen (secondary N) is 1. The third kappa shape index (κ3) is 3.74. The van der Waals surface area contributed by atoms with Crippen LogP contribution >= 0.6 is 0 Å². The van der Waals surface area contributed by atoms with Crippen molar-refractivity contribution in [2.45, 2.75) is 57.5 Å². The molecule has 0 bridgehead atoms. The summed E-state index contributed by atoms with van der Waals surface area (Å²) in [6, 6.07) is 0. The summed E-state index contributed by atoms with van der Waals surface area (Å²) < 4.78 is 5.51. The van der Waals surface area contributed by atoms with E-state index in [0.717, 1.165) is 51.6 Å². The SMILES string of the molecule is O=C(CCN1C(=O)[C@H]2CCCC[C@H]2C1=O)NCC[C@@H]1CCCO1. The average Bonchev–Trinajstić information content (AvgIpc) is 3.15. The van der Waals surface area contributed by atoms with Gasteiger partial charge in [0.25, 0.3) is 0 Å². The molecule has 23 heavy (non-hydrogen) atoms. The highest BCUT2D eigenvalue weighted by Crippen LogP contribution is 2.37. The molecule has 2 saturated heterocycles. The van der Waals surface area contributed by atoms with Crippen molar-refractivity contribution in [2.75, 3.05) is 19.7 Å². The first-order valence-corrected chi connectivity index (χ1v) is 8.90. The van der Waals surface area contributed by atoms with Gasteiger partial charge in [0.05, 0.1) is 17.9 Å². The number of amides is 3. The van der Waals surface area contributed by atoms with E-state index in [1.807, 2.05) is 0 Å². The molecule has 3 amide bonds. The van der Waals surface area contributed by atoms with Crippen molar-refractivity contribution in [1.82, 2.24) is 10.2 Å². The van der Waals surface area contributed by atoms with Crippen LogP contribution in [-0.2, 0) is 19.1 Å². The Labute approximate surface area is 136 Å². The van der Waals surface area contributed by atoms with Crippen LogP contribution < -0.4 is 5.32 Å². The summed E-state index contributed by atoms with van der Waals surface area (Å²) in [6.07, 6.45) is 7.14. The standard InChI is InChI=1S/C17H26N2O4/c20-15(18-9-7-12-4-3-11-23-12)8-10-19-16(21)13-5-1-2-6-14(13)17(19)22/h12-14H,1-11H2,(H,18,20)/t12-,13-,14+/m0/s1. The van der Waals surface area contributed by atoms with Crippen molar-refractivity contribution in [1.29, 1.82) is 0 Å². The lowest BCUT2D eigenvalue weighted by Crippen LogP contribution is -2.36. The Bertz CT molecular complexity index is 449. The van der Waals surface area contributed by atoms with Crippen molar-refractivity contribution in [2.24, 2.45) is 11.8 Å². The first kappa shape index (κ1) is 16.4. The summed E-state index contributed by atoms with van der Waals surface area (Å²) in [6.45, 7) is 1.63. The predicted octanol–water partition coefficient (Wildman–Crippen LogP) is 1.24. The first-order chi connectivity index (χ1) is 11.2. The van der Waals surface area contributed by atoms with Gasteiger partial charge in [-0.3, -0.25) is 19.3 Å². The largest absolute Gasteiger partial charge is 0.378 e. The van der Waals surface area contributed by atoms with E-state index >= 15 is 0 Å². The fourth-order valence-corrected chi connectivity index (χ4v) is 4.00. The molecule has 3 rings (SSSR count). The van der Waals surface area contributed by atoms with E-state index in [0.29, 0.717) is 6.54 Å². The normalized spacial score (nSPS) is 30.6. The second-order valence-electron chi connectivity index (χ2n) is 6.85. The molecule has 3 atom stereocenters. The second-order valence-corrected chi connectivity index (χ2v) is 6.85. The Kier molecular flexibility index (Phi) is 5.30. The van der Waals surface area contributed by atoms with E-state index in [4.69, 9.17) is 4.74 Å². The zero-order chi connectivity index (χ0) is 16.2. The molecule has 1 saturated carbocycles. The molecule has 6 heteroatoms. The number of likely N-dealkylation sites (tertiary alicyclic amines) is 1. The van der Waals surface area contributed by atoms with Gasteiger partial charge in [-0.1, -0.05) is 12.8 Å². The van der Waals surface area contributed by atoms with E-state index < -0.39 is 0 Å². The summed E-state index contributed by atoms with van der Waals surface area (Å²) in [7, 11) is 0. The molecule has 0 spiro atoms. The third-order valence-electron chi connectivity index (χ3n) is 5.31. The van der Waals surface area contributed by atoms with Gasteiger partial charge in [0.1, 0.15) is 0 Å². The molecular formula is C17H26N2O4. The summed E-state index contributed by atoms with van der Waals surface area (Å²) >= 11 is 0. The second kappa shape index (κ2) is 7.43. The minimum Gasteiger partial charge on any atom is -0.378 e. The van der Waals surface area contributed by atoms with E-state index in [9.17, 15) is 14.4 Å². The summed E-state index contributed by atoms with van der Waals surface area (Å²) in [5.74, 6) is -0.477. The number of fused-ring (bicyclic) bond motifs is 1. The third-order valence-corrected chi connectivity index (χ3v) is 5.31. The maximum absolute atomic E-state index is 12.3. The van der Waals surface area contributed by atoms with Gasteiger partial charge < -0.3 is 10.1 Å². The molecule has 0 unspecified atom stereocenters. The van der Waals surface area contributed by atoms with E-state index in [1.165, 1.54) is 4.90 Å². The molecule has 6 nitrogen and oxygen atoms in total. The monoisotopic (exact) mass is 322 g/mol. The minimum absolute atomic E-state index is 0.0631. The average molecular weight is 322 g/mol. The molecule has 1 aliphatic carbocycles. The van der Waals surface area contributed by atoms with Gasteiger partial charge in [0.15, 0.2) is 0 Å². The van der Waals surface area contributed by atoms with Crippen molar-refractivity contribution in [3.63, 3.8) is 0 Å².